The second-order valence-corrected chi connectivity index (χ2v) is 16.1. The van der Waals surface area contributed by atoms with Gasteiger partial charge in [-0.3, -0.25) is 4.79 Å². The van der Waals surface area contributed by atoms with Gasteiger partial charge in [-0.1, -0.05) is 118 Å². The Morgan fingerprint density at radius 3 is 1.97 bits per heavy atom. The molecule has 0 aliphatic carbocycles. The second kappa shape index (κ2) is 11.9. The van der Waals surface area contributed by atoms with Gasteiger partial charge in [-0.05, 0) is 47.2 Å². The molecule has 1 fully saturated rings. The van der Waals surface area contributed by atoms with Crippen molar-refractivity contribution in [1.82, 2.24) is 0 Å². The molecule has 0 bridgehead atoms. The minimum Gasteiger partial charge on any atom is -0.406 e. The lowest BCUT2D eigenvalue weighted by molar-refractivity contribution is -0.167. The van der Waals surface area contributed by atoms with Crippen molar-refractivity contribution in [2.24, 2.45) is 5.41 Å². The largest absolute Gasteiger partial charge is 0.406 e. The fourth-order valence-corrected chi connectivity index (χ4v) is 10.6. The molecule has 0 amide bonds. The van der Waals surface area contributed by atoms with Gasteiger partial charge in [0.25, 0.3) is 8.32 Å². The van der Waals surface area contributed by atoms with Gasteiger partial charge < -0.3 is 9.16 Å². The number of carbonyl (C=O) groups is 1. The van der Waals surface area contributed by atoms with E-state index in [0.717, 1.165) is 12.8 Å². The molecule has 4 rings (SSSR count). The first-order valence-electron chi connectivity index (χ1n) is 13.8. The molecule has 3 atom stereocenters. The summed E-state index contributed by atoms with van der Waals surface area (Å²) in [6.07, 6.45) is 4.20. The summed E-state index contributed by atoms with van der Waals surface area (Å²) in [7, 11) is -2.78. The van der Waals surface area contributed by atoms with E-state index in [4.69, 9.17) is 9.16 Å². The van der Waals surface area contributed by atoms with Gasteiger partial charge in [0.2, 0.25) is 0 Å². The highest BCUT2D eigenvalue weighted by Crippen LogP contribution is 2.42. The van der Waals surface area contributed by atoms with Crippen LogP contribution < -0.4 is 10.4 Å². The molecule has 3 aromatic carbocycles. The minimum absolute atomic E-state index is 0.123. The molecule has 3 nitrogen and oxygen atoms in total. The molecule has 1 heterocycles. The van der Waals surface area contributed by atoms with E-state index < -0.39 is 13.7 Å². The molecular formula is C34H42O3Si. The number of aryl methyl sites for hydroxylation is 1. The van der Waals surface area contributed by atoms with Gasteiger partial charge in [-0.25, -0.2) is 0 Å². The summed E-state index contributed by atoms with van der Waals surface area (Å²) < 4.78 is 13.9. The Balaban J connectivity index is 1.71. The molecule has 0 radical (unpaired) electrons. The van der Waals surface area contributed by atoms with Crippen LogP contribution >= 0.6 is 0 Å². The number of carbonyl (C=O) groups excluding carboxylic acids is 1. The van der Waals surface area contributed by atoms with Gasteiger partial charge in [-0.2, -0.15) is 0 Å². The zero-order valence-corrected chi connectivity index (χ0v) is 24.4. The van der Waals surface area contributed by atoms with E-state index in [1.165, 1.54) is 15.9 Å². The Morgan fingerprint density at radius 2 is 1.47 bits per heavy atom. The lowest BCUT2D eigenvalue weighted by Crippen LogP contribution is -2.68. The predicted octanol–water partition coefficient (Wildman–Crippen LogP) is 6.50. The SMILES string of the molecule is C=CC[C@H]1CC(=O)[C@](C)(CO[Si](c2ccccc2)(c2ccccc2)C(C)(C)C)[C@@H](CCc2ccccc2)O1. The molecule has 0 N–H and O–H groups in total. The molecule has 1 saturated heterocycles. The summed E-state index contributed by atoms with van der Waals surface area (Å²) in [5.41, 5.74) is 0.518. The van der Waals surface area contributed by atoms with E-state index in [9.17, 15) is 4.79 Å². The maximum atomic E-state index is 13.9. The van der Waals surface area contributed by atoms with E-state index in [0.29, 0.717) is 19.4 Å². The first kappa shape index (κ1) is 28.2. The molecule has 3 aromatic rings. The summed E-state index contributed by atoms with van der Waals surface area (Å²) in [5.74, 6) is 0.228. The van der Waals surface area contributed by atoms with Crippen LogP contribution in [0.4, 0.5) is 0 Å². The normalized spacial score (nSPS) is 22.3. The Bertz CT molecular complexity index is 1150. The Labute approximate surface area is 230 Å². The Morgan fingerprint density at radius 1 is 0.947 bits per heavy atom. The number of benzene rings is 3. The monoisotopic (exact) mass is 526 g/mol. The number of rotatable bonds is 10. The van der Waals surface area contributed by atoms with Crippen LogP contribution in [0.25, 0.3) is 0 Å². The van der Waals surface area contributed by atoms with Crippen LogP contribution in [-0.4, -0.2) is 32.9 Å². The van der Waals surface area contributed by atoms with Crippen molar-refractivity contribution in [3.8, 4) is 0 Å². The van der Waals surface area contributed by atoms with Gasteiger partial charge in [0.15, 0.2) is 0 Å². The molecule has 0 spiro atoms. The molecule has 0 unspecified atom stereocenters. The average molecular weight is 527 g/mol. The molecule has 4 heteroatoms. The zero-order chi connectivity index (χ0) is 27.2. The maximum Gasteiger partial charge on any atom is 0.261 e. The maximum absolute atomic E-state index is 13.9. The highest BCUT2D eigenvalue weighted by Gasteiger charge is 2.54. The molecule has 200 valence electrons. The van der Waals surface area contributed by atoms with Crippen LogP contribution in [0.5, 0.6) is 0 Å². The number of ketones is 1. The summed E-state index contributed by atoms with van der Waals surface area (Å²) in [6.45, 7) is 13.1. The second-order valence-electron chi connectivity index (χ2n) is 11.8. The van der Waals surface area contributed by atoms with E-state index in [-0.39, 0.29) is 23.0 Å². The van der Waals surface area contributed by atoms with Crippen LogP contribution in [-0.2, 0) is 20.4 Å². The van der Waals surface area contributed by atoms with E-state index in [2.05, 4.69) is 119 Å². The third kappa shape index (κ3) is 5.78. The van der Waals surface area contributed by atoms with Gasteiger partial charge in [0.05, 0.1) is 17.6 Å². The van der Waals surface area contributed by atoms with E-state index in [1.807, 2.05) is 12.1 Å². The molecule has 0 saturated carbocycles. The Hall–Kier alpha value is -2.79. The van der Waals surface area contributed by atoms with Gasteiger partial charge >= 0.3 is 0 Å². The van der Waals surface area contributed by atoms with E-state index >= 15 is 0 Å². The van der Waals surface area contributed by atoms with Crippen LogP contribution in [0.3, 0.4) is 0 Å². The van der Waals surface area contributed by atoms with Gasteiger partial charge in [0.1, 0.15) is 5.78 Å². The quantitative estimate of drug-likeness (QED) is 0.223. The van der Waals surface area contributed by atoms with Crippen molar-refractivity contribution in [2.45, 2.75) is 70.6 Å². The van der Waals surface area contributed by atoms with Crippen molar-refractivity contribution < 1.29 is 14.0 Å². The first-order valence-corrected chi connectivity index (χ1v) is 15.7. The molecule has 0 aromatic heterocycles. The van der Waals surface area contributed by atoms with Crippen molar-refractivity contribution in [1.29, 1.82) is 0 Å². The fraction of sp³-hybridized carbons (Fsp3) is 0.382. The topological polar surface area (TPSA) is 35.5 Å². The van der Waals surface area contributed by atoms with Crippen molar-refractivity contribution >= 4 is 24.5 Å². The van der Waals surface area contributed by atoms with Crippen LogP contribution in [0.1, 0.15) is 52.5 Å². The molecular weight excluding hydrogens is 484 g/mol. The van der Waals surface area contributed by atoms with Crippen LogP contribution in [0.15, 0.2) is 104 Å². The summed E-state index contributed by atoms with van der Waals surface area (Å²) in [4.78, 5) is 13.9. The molecule has 1 aliphatic heterocycles. The van der Waals surface area contributed by atoms with Gasteiger partial charge in [-0.15, -0.1) is 6.58 Å². The van der Waals surface area contributed by atoms with Crippen molar-refractivity contribution in [2.75, 3.05) is 6.61 Å². The van der Waals surface area contributed by atoms with Crippen LogP contribution in [0, 0.1) is 5.41 Å². The first-order chi connectivity index (χ1) is 18.2. The third-order valence-electron chi connectivity index (χ3n) is 8.09. The lowest BCUT2D eigenvalue weighted by Gasteiger charge is -2.48. The Kier molecular flexibility index (Phi) is 8.87. The molecule has 1 aliphatic rings. The number of hydrogen-bond donors (Lipinski definition) is 0. The smallest absolute Gasteiger partial charge is 0.261 e. The van der Waals surface area contributed by atoms with Crippen LogP contribution in [0.2, 0.25) is 5.04 Å². The standard InChI is InChI=1S/C34H42O3Si/c1-6-16-28-25-31(35)34(5,32(37-28)24-23-27-17-10-7-11-18-27)26-36-38(33(2,3)4,29-19-12-8-13-20-29)30-21-14-9-15-22-30/h6-15,17-22,28,32H,1,16,23-26H2,2-5H3/t28-,32+,34-/m0/s1. The third-order valence-corrected chi connectivity index (χ3v) is 13.1. The zero-order valence-electron chi connectivity index (χ0n) is 23.4. The predicted molar refractivity (Wildman–Crippen MR) is 160 cm³/mol. The highest BCUT2D eigenvalue weighted by atomic mass is 28.4. The molecule has 38 heavy (non-hydrogen) atoms. The number of ether oxygens (including phenoxy) is 1. The van der Waals surface area contributed by atoms with Gasteiger partial charge in [0, 0.05) is 13.0 Å². The number of Topliss-reactive ketones (excluding diaryl/α,β-unsaturated/α-hetero) is 1. The lowest BCUT2D eigenvalue weighted by atomic mass is 9.74. The number of hydrogen-bond acceptors (Lipinski definition) is 3. The average Bonchev–Trinajstić information content (AvgIpc) is 2.91. The highest BCUT2D eigenvalue weighted by molar-refractivity contribution is 6.99. The summed E-state index contributed by atoms with van der Waals surface area (Å²) in [6, 6.07) is 31.7. The minimum atomic E-state index is -2.78. The summed E-state index contributed by atoms with van der Waals surface area (Å²) in [5, 5.41) is 2.28. The van der Waals surface area contributed by atoms with Crippen molar-refractivity contribution in [3.05, 3.63) is 109 Å². The summed E-state index contributed by atoms with van der Waals surface area (Å²) >= 11 is 0. The fourth-order valence-electron chi connectivity index (χ4n) is 5.90. The van der Waals surface area contributed by atoms with E-state index in [1.54, 1.807) is 0 Å². The van der Waals surface area contributed by atoms with Crippen molar-refractivity contribution in [3.63, 3.8) is 0 Å².